The van der Waals surface area contributed by atoms with Crippen LogP contribution in [0.5, 0.6) is 0 Å². The van der Waals surface area contributed by atoms with E-state index in [0.717, 1.165) is 11.1 Å². The number of amides is 1. The molecule has 1 aromatic carbocycles. The standard InChI is InChI=1S/C15H21N3O2/c1-10(9-19)18-15(20)14-7-5-6-13(11(14)2)8-17-12(3)16-4/h5-8,10,16,19H,3,9H2,1-2,4H3,(H,18,20)/b17-8-. The highest BCUT2D eigenvalue weighted by Gasteiger charge is 2.12. The molecule has 0 saturated carbocycles. The largest absolute Gasteiger partial charge is 0.394 e. The van der Waals surface area contributed by atoms with Gasteiger partial charge in [0.1, 0.15) is 5.82 Å². The topological polar surface area (TPSA) is 73.7 Å². The molecule has 0 bridgehead atoms. The van der Waals surface area contributed by atoms with E-state index in [2.05, 4.69) is 22.2 Å². The van der Waals surface area contributed by atoms with E-state index in [1.165, 1.54) is 0 Å². The monoisotopic (exact) mass is 275 g/mol. The van der Waals surface area contributed by atoms with Crippen molar-refractivity contribution in [3.63, 3.8) is 0 Å². The summed E-state index contributed by atoms with van der Waals surface area (Å²) in [5, 5.41) is 14.5. The fraction of sp³-hybridized carbons (Fsp3) is 0.333. The maximum Gasteiger partial charge on any atom is 0.251 e. The molecule has 0 aliphatic rings. The number of nitrogens with zero attached hydrogens (tertiary/aromatic N) is 1. The van der Waals surface area contributed by atoms with Crippen LogP contribution >= 0.6 is 0 Å². The minimum atomic E-state index is -0.275. The van der Waals surface area contributed by atoms with Crippen molar-refractivity contribution in [2.75, 3.05) is 13.7 Å². The summed E-state index contributed by atoms with van der Waals surface area (Å²) in [7, 11) is 1.74. The highest BCUT2D eigenvalue weighted by Crippen LogP contribution is 2.12. The number of hydrogen-bond acceptors (Lipinski definition) is 4. The summed E-state index contributed by atoms with van der Waals surface area (Å²) >= 11 is 0. The molecule has 20 heavy (non-hydrogen) atoms. The predicted molar refractivity (Wildman–Crippen MR) is 81.0 cm³/mol. The van der Waals surface area contributed by atoms with Gasteiger partial charge in [-0.05, 0) is 31.0 Å². The van der Waals surface area contributed by atoms with E-state index in [-0.39, 0.29) is 18.6 Å². The molecule has 0 aliphatic carbocycles. The van der Waals surface area contributed by atoms with E-state index in [1.54, 1.807) is 32.3 Å². The van der Waals surface area contributed by atoms with Crippen molar-refractivity contribution < 1.29 is 9.90 Å². The molecule has 3 N–H and O–H groups in total. The number of hydrogen-bond donors (Lipinski definition) is 3. The quantitative estimate of drug-likeness (QED) is 0.683. The number of aliphatic hydroxyl groups is 1. The van der Waals surface area contributed by atoms with Gasteiger partial charge in [0, 0.05) is 24.9 Å². The maximum atomic E-state index is 12.1. The molecule has 0 fully saturated rings. The van der Waals surface area contributed by atoms with Gasteiger partial charge in [0.05, 0.1) is 6.61 Å². The highest BCUT2D eigenvalue weighted by molar-refractivity contribution is 5.98. The lowest BCUT2D eigenvalue weighted by atomic mass is 10.0. The second-order valence-electron chi connectivity index (χ2n) is 4.53. The Bertz CT molecular complexity index is 524. The van der Waals surface area contributed by atoms with Gasteiger partial charge in [-0.2, -0.15) is 0 Å². The van der Waals surface area contributed by atoms with E-state index in [4.69, 9.17) is 5.11 Å². The summed E-state index contributed by atoms with van der Waals surface area (Å²) in [5.41, 5.74) is 2.26. The summed E-state index contributed by atoms with van der Waals surface area (Å²) < 4.78 is 0. The van der Waals surface area contributed by atoms with Crippen molar-refractivity contribution in [1.29, 1.82) is 0 Å². The van der Waals surface area contributed by atoms with Gasteiger partial charge < -0.3 is 15.7 Å². The van der Waals surface area contributed by atoms with Gasteiger partial charge in [0.2, 0.25) is 0 Å². The molecule has 5 nitrogen and oxygen atoms in total. The first kappa shape index (κ1) is 15.9. The van der Waals surface area contributed by atoms with E-state index in [9.17, 15) is 4.79 Å². The molecule has 1 rings (SSSR count). The molecule has 1 aromatic rings. The minimum Gasteiger partial charge on any atom is -0.394 e. The molecule has 0 aliphatic heterocycles. The highest BCUT2D eigenvalue weighted by atomic mass is 16.3. The lowest BCUT2D eigenvalue weighted by Gasteiger charge is -2.13. The fourth-order valence-electron chi connectivity index (χ4n) is 1.60. The van der Waals surface area contributed by atoms with E-state index in [0.29, 0.717) is 11.4 Å². The third-order valence-corrected chi connectivity index (χ3v) is 2.92. The first-order chi connectivity index (χ1) is 9.49. The van der Waals surface area contributed by atoms with Crippen LogP contribution in [0.15, 0.2) is 35.6 Å². The zero-order valence-corrected chi connectivity index (χ0v) is 12.1. The van der Waals surface area contributed by atoms with Gasteiger partial charge in [-0.15, -0.1) is 0 Å². The van der Waals surface area contributed by atoms with Gasteiger partial charge in [-0.3, -0.25) is 4.79 Å². The van der Waals surface area contributed by atoms with Crippen molar-refractivity contribution in [1.82, 2.24) is 10.6 Å². The first-order valence-corrected chi connectivity index (χ1v) is 6.41. The van der Waals surface area contributed by atoms with Crippen molar-refractivity contribution in [2.24, 2.45) is 4.99 Å². The number of carbonyl (C=O) groups is 1. The Hall–Kier alpha value is -2.14. The average molecular weight is 275 g/mol. The Kier molecular flexibility index (Phi) is 5.93. The molecule has 1 amide bonds. The van der Waals surface area contributed by atoms with Gasteiger partial charge in [0.25, 0.3) is 5.91 Å². The van der Waals surface area contributed by atoms with Crippen LogP contribution in [0.1, 0.15) is 28.4 Å². The Morgan fingerprint density at radius 3 is 2.85 bits per heavy atom. The molecule has 0 radical (unpaired) electrons. The van der Waals surface area contributed by atoms with Crippen LogP contribution in [0.2, 0.25) is 0 Å². The van der Waals surface area contributed by atoms with Crippen molar-refractivity contribution >= 4 is 12.1 Å². The van der Waals surface area contributed by atoms with Crippen LogP contribution < -0.4 is 10.6 Å². The molecule has 5 heteroatoms. The summed E-state index contributed by atoms with van der Waals surface area (Å²) in [6, 6.07) is 5.16. The van der Waals surface area contributed by atoms with Crippen LogP contribution in [0.3, 0.4) is 0 Å². The number of carbonyl (C=O) groups excluding carboxylic acids is 1. The molecular weight excluding hydrogens is 254 g/mol. The molecule has 1 unspecified atom stereocenters. The van der Waals surface area contributed by atoms with Crippen LogP contribution in [-0.2, 0) is 0 Å². The number of benzene rings is 1. The van der Waals surface area contributed by atoms with Crippen LogP contribution in [0.4, 0.5) is 0 Å². The lowest BCUT2D eigenvalue weighted by Crippen LogP contribution is -2.35. The van der Waals surface area contributed by atoms with Crippen LogP contribution in [0.25, 0.3) is 0 Å². The zero-order valence-electron chi connectivity index (χ0n) is 12.1. The molecule has 0 aromatic heterocycles. The van der Waals surface area contributed by atoms with E-state index >= 15 is 0 Å². The lowest BCUT2D eigenvalue weighted by molar-refractivity contribution is 0.0921. The van der Waals surface area contributed by atoms with Gasteiger partial charge in [0.15, 0.2) is 0 Å². The summed E-state index contributed by atoms with van der Waals surface area (Å²) in [5.74, 6) is 0.347. The van der Waals surface area contributed by atoms with Crippen molar-refractivity contribution in [3.05, 3.63) is 47.3 Å². The Morgan fingerprint density at radius 1 is 1.55 bits per heavy atom. The number of nitrogens with one attached hydrogen (secondary N) is 2. The number of aliphatic hydroxyl groups excluding tert-OH is 1. The maximum absolute atomic E-state index is 12.1. The van der Waals surface area contributed by atoms with Crippen LogP contribution in [0, 0.1) is 6.92 Å². The van der Waals surface area contributed by atoms with Crippen molar-refractivity contribution in [2.45, 2.75) is 19.9 Å². The van der Waals surface area contributed by atoms with Crippen LogP contribution in [-0.4, -0.2) is 36.9 Å². The summed E-state index contributed by atoms with van der Waals surface area (Å²) in [6.07, 6.45) is 1.67. The van der Waals surface area contributed by atoms with Gasteiger partial charge in [-0.1, -0.05) is 18.7 Å². The first-order valence-electron chi connectivity index (χ1n) is 6.41. The third kappa shape index (κ3) is 4.20. The summed E-state index contributed by atoms with van der Waals surface area (Å²) in [6.45, 7) is 7.23. The van der Waals surface area contributed by atoms with E-state index in [1.807, 2.05) is 13.0 Å². The Balaban J connectivity index is 2.98. The third-order valence-electron chi connectivity index (χ3n) is 2.92. The number of aliphatic imine (C=N–C) groups is 1. The smallest absolute Gasteiger partial charge is 0.251 e. The van der Waals surface area contributed by atoms with Crippen molar-refractivity contribution in [3.8, 4) is 0 Å². The molecule has 0 spiro atoms. The Morgan fingerprint density at radius 2 is 2.25 bits per heavy atom. The minimum absolute atomic E-state index is 0.0894. The molecule has 108 valence electrons. The number of rotatable bonds is 6. The molecule has 0 heterocycles. The predicted octanol–water partition coefficient (Wildman–Crippen LogP) is 1.22. The molecule has 0 saturated heterocycles. The fourth-order valence-corrected chi connectivity index (χ4v) is 1.60. The average Bonchev–Trinajstić information content (AvgIpc) is 2.45. The second kappa shape index (κ2) is 7.45. The molecule has 1 atom stereocenters. The van der Waals surface area contributed by atoms with E-state index < -0.39 is 0 Å². The normalized spacial score (nSPS) is 12.2. The van der Waals surface area contributed by atoms with Gasteiger partial charge >= 0.3 is 0 Å². The molecular formula is C15H21N3O2. The second-order valence-corrected chi connectivity index (χ2v) is 4.53. The summed E-state index contributed by atoms with van der Waals surface area (Å²) in [4.78, 5) is 16.2. The SMILES string of the molecule is C=C(/N=C\c1cccc(C(=O)NC(C)CO)c1C)NC. The zero-order chi connectivity index (χ0) is 15.1. The Labute approximate surface area is 119 Å². The van der Waals surface area contributed by atoms with Gasteiger partial charge in [-0.25, -0.2) is 4.99 Å².